The molecule has 0 radical (unpaired) electrons. The number of nitrogen functional groups attached to an aromatic ring is 1. The molecule has 0 unspecified atom stereocenters. The molecule has 3 N–H and O–H groups in total. The SMILES string of the molecule is Cc1cc(N)nc(Nc2ccc(C)c(C)c2)n1. The first kappa shape index (κ1) is 11.4. The molecular weight excluding hydrogens is 212 g/mol. The van der Waals surface area contributed by atoms with Crippen LogP contribution in [0.25, 0.3) is 0 Å². The topological polar surface area (TPSA) is 63.8 Å². The molecular formula is C13H16N4. The highest BCUT2D eigenvalue weighted by molar-refractivity contribution is 5.56. The molecule has 1 aromatic carbocycles. The summed E-state index contributed by atoms with van der Waals surface area (Å²) >= 11 is 0. The number of aryl methyl sites for hydroxylation is 3. The van der Waals surface area contributed by atoms with Gasteiger partial charge in [0.1, 0.15) is 5.82 Å². The molecule has 0 aliphatic carbocycles. The van der Waals surface area contributed by atoms with Crippen molar-refractivity contribution in [2.75, 3.05) is 11.1 Å². The van der Waals surface area contributed by atoms with Gasteiger partial charge < -0.3 is 11.1 Å². The van der Waals surface area contributed by atoms with E-state index in [2.05, 4.69) is 41.3 Å². The van der Waals surface area contributed by atoms with E-state index >= 15 is 0 Å². The van der Waals surface area contributed by atoms with Crippen LogP contribution in [0.5, 0.6) is 0 Å². The second-order valence-electron chi connectivity index (χ2n) is 4.18. The molecule has 2 rings (SSSR count). The third kappa shape index (κ3) is 2.72. The lowest BCUT2D eigenvalue weighted by Gasteiger charge is -2.08. The van der Waals surface area contributed by atoms with Crippen molar-refractivity contribution in [1.82, 2.24) is 9.97 Å². The third-order valence-corrected chi connectivity index (χ3v) is 2.64. The van der Waals surface area contributed by atoms with Crippen molar-refractivity contribution in [2.24, 2.45) is 0 Å². The Hall–Kier alpha value is -2.10. The van der Waals surface area contributed by atoms with Gasteiger partial charge in [0.2, 0.25) is 5.95 Å². The molecule has 1 aromatic heterocycles. The number of rotatable bonds is 2. The van der Waals surface area contributed by atoms with E-state index in [9.17, 15) is 0 Å². The predicted molar refractivity (Wildman–Crippen MR) is 70.4 cm³/mol. The number of nitrogens with two attached hydrogens (primary N) is 1. The number of benzene rings is 1. The summed E-state index contributed by atoms with van der Waals surface area (Å²) in [5, 5.41) is 3.15. The van der Waals surface area contributed by atoms with E-state index in [1.807, 2.05) is 13.0 Å². The summed E-state index contributed by atoms with van der Waals surface area (Å²) in [6.07, 6.45) is 0. The lowest BCUT2D eigenvalue weighted by Crippen LogP contribution is -2.01. The monoisotopic (exact) mass is 228 g/mol. The molecule has 4 heteroatoms. The fraction of sp³-hybridized carbons (Fsp3) is 0.231. The van der Waals surface area contributed by atoms with Gasteiger partial charge in [0.25, 0.3) is 0 Å². The van der Waals surface area contributed by atoms with Crippen LogP contribution in [0.4, 0.5) is 17.5 Å². The van der Waals surface area contributed by atoms with Crippen LogP contribution in [-0.4, -0.2) is 9.97 Å². The van der Waals surface area contributed by atoms with Crippen molar-refractivity contribution in [2.45, 2.75) is 20.8 Å². The molecule has 0 spiro atoms. The van der Waals surface area contributed by atoms with Crippen LogP contribution in [0.3, 0.4) is 0 Å². The summed E-state index contributed by atoms with van der Waals surface area (Å²) in [7, 11) is 0. The number of nitrogens with one attached hydrogen (secondary N) is 1. The normalized spacial score (nSPS) is 10.3. The van der Waals surface area contributed by atoms with Crippen molar-refractivity contribution in [3.63, 3.8) is 0 Å². The van der Waals surface area contributed by atoms with E-state index < -0.39 is 0 Å². The van der Waals surface area contributed by atoms with E-state index in [0.29, 0.717) is 11.8 Å². The first-order chi connectivity index (χ1) is 8.04. The Kier molecular flexibility index (Phi) is 2.95. The maximum atomic E-state index is 5.68. The summed E-state index contributed by atoms with van der Waals surface area (Å²) in [6.45, 7) is 6.05. The highest BCUT2D eigenvalue weighted by Crippen LogP contribution is 2.18. The molecule has 0 aliphatic rings. The van der Waals surface area contributed by atoms with Gasteiger partial charge in [-0.05, 0) is 44.0 Å². The van der Waals surface area contributed by atoms with E-state index in [1.54, 1.807) is 6.07 Å². The standard InChI is InChI=1S/C13H16N4/c1-8-4-5-11(6-9(8)2)16-13-15-10(3)7-12(14)17-13/h4-7H,1-3H3,(H3,14,15,16,17). The largest absolute Gasteiger partial charge is 0.384 e. The molecule has 0 amide bonds. The first-order valence-electron chi connectivity index (χ1n) is 5.50. The van der Waals surface area contributed by atoms with Crippen LogP contribution in [0.1, 0.15) is 16.8 Å². The van der Waals surface area contributed by atoms with E-state index in [4.69, 9.17) is 5.73 Å². The quantitative estimate of drug-likeness (QED) is 0.829. The molecule has 0 aliphatic heterocycles. The van der Waals surface area contributed by atoms with Gasteiger partial charge >= 0.3 is 0 Å². The summed E-state index contributed by atoms with van der Waals surface area (Å²) in [6, 6.07) is 7.88. The first-order valence-corrected chi connectivity index (χ1v) is 5.50. The minimum Gasteiger partial charge on any atom is -0.384 e. The van der Waals surface area contributed by atoms with Gasteiger partial charge in [-0.2, -0.15) is 4.98 Å². The summed E-state index contributed by atoms with van der Waals surface area (Å²) < 4.78 is 0. The smallest absolute Gasteiger partial charge is 0.229 e. The lowest BCUT2D eigenvalue weighted by atomic mass is 10.1. The molecule has 0 saturated carbocycles. The van der Waals surface area contributed by atoms with E-state index in [-0.39, 0.29) is 0 Å². The lowest BCUT2D eigenvalue weighted by molar-refractivity contribution is 1.11. The van der Waals surface area contributed by atoms with Crippen LogP contribution in [0.15, 0.2) is 24.3 Å². The fourth-order valence-electron chi connectivity index (χ4n) is 1.60. The molecule has 0 bridgehead atoms. The van der Waals surface area contributed by atoms with Crippen LogP contribution in [0.2, 0.25) is 0 Å². The summed E-state index contributed by atoms with van der Waals surface area (Å²) in [5.74, 6) is 1.01. The van der Waals surface area contributed by atoms with Crippen LogP contribution >= 0.6 is 0 Å². The Morgan fingerprint density at radius 1 is 1.00 bits per heavy atom. The van der Waals surface area contributed by atoms with Crippen LogP contribution in [0, 0.1) is 20.8 Å². The van der Waals surface area contributed by atoms with Crippen molar-refractivity contribution in [3.8, 4) is 0 Å². The molecule has 0 saturated heterocycles. The van der Waals surface area contributed by atoms with Gasteiger partial charge in [-0.3, -0.25) is 0 Å². The minimum atomic E-state index is 0.476. The highest BCUT2D eigenvalue weighted by atomic mass is 15.1. The van der Waals surface area contributed by atoms with Gasteiger partial charge in [0, 0.05) is 17.4 Å². The summed E-state index contributed by atoms with van der Waals surface area (Å²) in [4.78, 5) is 8.42. The number of nitrogens with zero attached hydrogens (tertiary/aromatic N) is 2. The molecule has 0 atom stereocenters. The average molecular weight is 228 g/mol. The molecule has 0 fully saturated rings. The van der Waals surface area contributed by atoms with Gasteiger partial charge in [0.05, 0.1) is 0 Å². The van der Waals surface area contributed by atoms with Crippen molar-refractivity contribution >= 4 is 17.5 Å². The number of anilines is 3. The number of aromatic nitrogens is 2. The summed E-state index contributed by atoms with van der Waals surface area (Å²) in [5.41, 5.74) is 9.99. The Labute approximate surface area is 101 Å². The zero-order valence-electron chi connectivity index (χ0n) is 10.3. The average Bonchev–Trinajstić information content (AvgIpc) is 2.22. The van der Waals surface area contributed by atoms with Crippen molar-refractivity contribution in [1.29, 1.82) is 0 Å². The van der Waals surface area contributed by atoms with Gasteiger partial charge in [-0.1, -0.05) is 6.07 Å². The Morgan fingerprint density at radius 3 is 2.41 bits per heavy atom. The third-order valence-electron chi connectivity index (χ3n) is 2.64. The maximum Gasteiger partial charge on any atom is 0.229 e. The molecule has 1 heterocycles. The van der Waals surface area contributed by atoms with Gasteiger partial charge in [-0.15, -0.1) is 0 Å². The Morgan fingerprint density at radius 2 is 1.76 bits per heavy atom. The zero-order valence-corrected chi connectivity index (χ0v) is 10.3. The molecule has 88 valence electrons. The van der Waals surface area contributed by atoms with Crippen LogP contribution < -0.4 is 11.1 Å². The molecule has 17 heavy (non-hydrogen) atoms. The van der Waals surface area contributed by atoms with Crippen molar-refractivity contribution < 1.29 is 0 Å². The van der Waals surface area contributed by atoms with Gasteiger partial charge in [0.15, 0.2) is 0 Å². The second-order valence-corrected chi connectivity index (χ2v) is 4.18. The van der Waals surface area contributed by atoms with Crippen molar-refractivity contribution in [3.05, 3.63) is 41.1 Å². The second kappa shape index (κ2) is 4.41. The number of hydrogen-bond donors (Lipinski definition) is 2. The van der Waals surface area contributed by atoms with Gasteiger partial charge in [-0.25, -0.2) is 4.98 Å². The zero-order chi connectivity index (χ0) is 12.4. The van der Waals surface area contributed by atoms with Crippen LogP contribution in [-0.2, 0) is 0 Å². The Balaban J connectivity index is 2.28. The highest BCUT2D eigenvalue weighted by Gasteiger charge is 2.01. The molecule has 4 nitrogen and oxygen atoms in total. The minimum absolute atomic E-state index is 0.476. The number of hydrogen-bond acceptors (Lipinski definition) is 4. The Bertz CT molecular complexity index is 529. The molecule has 2 aromatic rings. The van der Waals surface area contributed by atoms with E-state index in [0.717, 1.165) is 11.4 Å². The fourth-order valence-corrected chi connectivity index (χ4v) is 1.60. The predicted octanol–water partition coefficient (Wildman–Crippen LogP) is 2.73. The van der Waals surface area contributed by atoms with E-state index in [1.165, 1.54) is 11.1 Å². The maximum absolute atomic E-state index is 5.68.